The fraction of sp³-hybridized carbons (Fsp3) is 0.300. The Morgan fingerprint density at radius 1 is 1.10 bits per heavy atom. The Kier molecular flexibility index (Phi) is 7.04. The van der Waals surface area contributed by atoms with E-state index in [9.17, 15) is 18.0 Å². The molecule has 0 spiro atoms. The normalized spacial score (nSPS) is 14.1. The summed E-state index contributed by atoms with van der Waals surface area (Å²) in [5.41, 5.74) is 0.241. The Balaban J connectivity index is 1.94. The zero-order valence-corrected chi connectivity index (χ0v) is 18.5. The second-order valence-electron chi connectivity index (χ2n) is 6.56. The molecule has 31 heavy (non-hydrogen) atoms. The molecule has 2 aromatic rings. The van der Waals surface area contributed by atoms with Gasteiger partial charge in [-0.3, -0.25) is 9.52 Å². The van der Waals surface area contributed by atoms with Crippen molar-refractivity contribution in [2.45, 2.75) is 4.90 Å². The molecule has 2 aromatic carbocycles. The number of nitrogens with zero attached hydrogens (tertiary/aromatic N) is 1. The van der Waals surface area contributed by atoms with Crippen molar-refractivity contribution in [1.29, 1.82) is 0 Å². The average Bonchev–Trinajstić information content (AvgIpc) is 2.79. The van der Waals surface area contributed by atoms with E-state index < -0.39 is 16.0 Å². The van der Waals surface area contributed by atoms with Crippen molar-refractivity contribution in [1.82, 2.24) is 4.90 Å². The van der Waals surface area contributed by atoms with Gasteiger partial charge < -0.3 is 19.1 Å². The Hall–Kier alpha value is -2.82. The Bertz CT molecular complexity index is 1100. The van der Waals surface area contributed by atoms with Gasteiger partial charge in [0.25, 0.3) is 15.9 Å². The molecular formula is C20H21ClN2O7S. The summed E-state index contributed by atoms with van der Waals surface area (Å²) >= 11 is 6.10. The Morgan fingerprint density at radius 3 is 2.45 bits per heavy atom. The summed E-state index contributed by atoms with van der Waals surface area (Å²) in [5.74, 6) is -0.746. The lowest BCUT2D eigenvalue weighted by Gasteiger charge is -2.27. The molecule has 1 heterocycles. The number of sulfonamides is 1. The van der Waals surface area contributed by atoms with Crippen LogP contribution in [0, 0.1) is 0 Å². The predicted octanol–water partition coefficient (Wildman–Crippen LogP) is 2.41. The fourth-order valence-electron chi connectivity index (χ4n) is 3.01. The van der Waals surface area contributed by atoms with Gasteiger partial charge in [0, 0.05) is 13.1 Å². The minimum atomic E-state index is -4.13. The highest BCUT2D eigenvalue weighted by Gasteiger charge is 2.25. The van der Waals surface area contributed by atoms with E-state index in [4.69, 9.17) is 21.1 Å². The van der Waals surface area contributed by atoms with Crippen LogP contribution in [-0.4, -0.2) is 65.7 Å². The number of carbonyl (C=O) groups is 2. The molecule has 1 fully saturated rings. The van der Waals surface area contributed by atoms with Gasteiger partial charge in [-0.1, -0.05) is 11.6 Å². The van der Waals surface area contributed by atoms with Gasteiger partial charge in [0.05, 0.1) is 54.2 Å². The van der Waals surface area contributed by atoms with E-state index in [-0.39, 0.29) is 38.4 Å². The first-order chi connectivity index (χ1) is 14.8. The molecule has 0 radical (unpaired) electrons. The number of carbonyl (C=O) groups excluding carboxylic acids is 2. The van der Waals surface area contributed by atoms with Crippen LogP contribution in [-0.2, 0) is 19.5 Å². The van der Waals surface area contributed by atoms with Crippen molar-refractivity contribution in [2.75, 3.05) is 45.2 Å². The number of hydrogen-bond donors (Lipinski definition) is 1. The molecule has 0 aromatic heterocycles. The molecule has 9 nitrogen and oxygen atoms in total. The number of nitrogens with one attached hydrogen (secondary N) is 1. The molecule has 166 valence electrons. The monoisotopic (exact) mass is 468 g/mol. The lowest BCUT2D eigenvalue weighted by atomic mass is 10.1. The second-order valence-corrected chi connectivity index (χ2v) is 8.65. The summed E-state index contributed by atoms with van der Waals surface area (Å²) in [4.78, 5) is 26.1. The van der Waals surface area contributed by atoms with Crippen LogP contribution < -0.4 is 9.46 Å². The SMILES string of the molecule is COC(=O)c1ccc(Cl)c(NS(=O)(=O)c2ccc(OC)c(C(=O)N3CCOCC3)c2)c1. The first kappa shape index (κ1) is 22.9. The molecule has 0 aliphatic carbocycles. The van der Waals surface area contributed by atoms with E-state index in [0.29, 0.717) is 26.3 Å². The average molecular weight is 469 g/mol. The van der Waals surface area contributed by atoms with Gasteiger partial charge >= 0.3 is 5.97 Å². The van der Waals surface area contributed by atoms with Gasteiger partial charge in [0.1, 0.15) is 5.75 Å². The zero-order chi connectivity index (χ0) is 22.6. The maximum absolute atomic E-state index is 13.0. The van der Waals surface area contributed by atoms with Crippen molar-refractivity contribution in [2.24, 2.45) is 0 Å². The summed E-state index contributed by atoms with van der Waals surface area (Å²) in [6, 6.07) is 8.04. The third-order valence-electron chi connectivity index (χ3n) is 4.64. The standard InChI is InChI=1S/C20H21ClN2O7S/c1-28-18-6-4-14(12-15(18)19(24)23-7-9-30-10-8-23)31(26,27)22-17-11-13(20(25)29-2)3-5-16(17)21/h3-6,11-12,22H,7-10H2,1-2H3. The number of ether oxygens (including phenoxy) is 3. The van der Waals surface area contributed by atoms with Crippen molar-refractivity contribution in [3.05, 3.63) is 52.5 Å². The van der Waals surface area contributed by atoms with Crippen molar-refractivity contribution >= 4 is 39.2 Å². The lowest BCUT2D eigenvalue weighted by molar-refractivity contribution is 0.0300. The summed E-state index contributed by atoms with van der Waals surface area (Å²) in [5, 5.41) is 0.0920. The second kappa shape index (κ2) is 9.54. The topological polar surface area (TPSA) is 111 Å². The minimum Gasteiger partial charge on any atom is -0.496 e. The minimum absolute atomic E-state index is 0.00133. The Labute approximate surface area is 184 Å². The molecule has 1 aliphatic rings. The molecule has 1 amide bonds. The zero-order valence-electron chi connectivity index (χ0n) is 16.9. The van der Waals surface area contributed by atoms with Crippen LogP contribution in [0.5, 0.6) is 5.75 Å². The first-order valence-corrected chi connectivity index (χ1v) is 11.1. The fourth-order valence-corrected chi connectivity index (χ4v) is 4.33. The van der Waals surface area contributed by atoms with E-state index in [0.717, 1.165) is 0 Å². The summed E-state index contributed by atoms with van der Waals surface area (Å²) in [6.07, 6.45) is 0. The molecule has 1 aliphatic heterocycles. The molecular weight excluding hydrogens is 448 g/mol. The summed E-state index contributed by atoms with van der Waals surface area (Å²) in [6.45, 7) is 1.60. The van der Waals surface area contributed by atoms with Crippen molar-refractivity contribution < 1.29 is 32.2 Å². The van der Waals surface area contributed by atoms with Gasteiger partial charge in [-0.2, -0.15) is 0 Å². The number of esters is 1. The van der Waals surface area contributed by atoms with Gasteiger partial charge in [-0.25, -0.2) is 13.2 Å². The van der Waals surface area contributed by atoms with E-state index >= 15 is 0 Å². The number of halogens is 1. The molecule has 0 unspecified atom stereocenters. The smallest absolute Gasteiger partial charge is 0.337 e. The van der Waals surface area contributed by atoms with Gasteiger partial charge in [-0.15, -0.1) is 0 Å². The third-order valence-corrected chi connectivity index (χ3v) is 6.33. The number of hydrogen-bond acceptors (Lipinski definition) is 7. The molecule has 0 bridgehead atoms. The van der Waals surface area contributed by atoms with Crippen molar-refractivity contribution in [3.63, 3.8) is 0 Å². The number of morpholine rings is 1. The highest BCUT2D eigenvalue weighted by atomic mass is 35.5. The van der Waals surface area contributed by atoms with Crippen LogP contribution >= 0.6 is 11.6 Å². The molecule has 1 N–H and O–H groups in total. The molecule has 1 saturated heterocycles. The van der Waals surface area contributed by atoms with E-state index in [1.165, 1.54) is 50.6 Å². The van der Waals surface area contributed by atoms with E-state index in [1.807, 2.05) is 0 Å². The van der Waals surface area contributed by atoms with Gasteiger partial charge in [0.2, 0.25) is 0 Å². The van der Waals surface area contributed by atoms with Crippen LogP contribution in [0.2, 0.25) is 5.02 Å². The summed E-state index contributed by atoms with van der Waals surface area (Å²) < 4.78 is 43.5. The number of rotatable bonds is 6. The third kappa shape index (κ3) is 5.09. The van der Waals surface area contributed by atoms with Crippen LogP contribution in [0.4, 0.5) is 5.69 Å². The highest BCUT2D eigenvalue weighted by Crippen LogP contribution is 2.29. The number of methoxy groups -OCH3 is 2. The van der Waals surface area contributed by atoms with Gasteiger partial charge in [-0.05, 0) is 36.4 Å². The van der Waals surface area contributed by atoms with E-state index in [2.05, 4.69) is 9.46 Å². The maximum Gasteiger partial charge on any atom is 0.337 e. The lowest BCUT2D eigenvalue weighted by Crippen LogP contribution is -2.40. The van der Waals surface area contributed by atoms with Crippen LogP contribution in [0.15, 0.2) is 41.3 Å². The van der Waals surface area contributed by atoms with Crippen LogP contribution in [0.1, 0.15) is 20.7 Å². The number of amides is 1. The highest BCUT2D eigenvalue weighted by molar-refractivity contribution is 7.92. The molecule has 0 saturated carbocycles. The predicted molar refractivity (Wildman–Crippen MR) is 113 cm³/mol. The number of anilines is 1. The molecule has 11 heteroatoms. The van der Waals surface area contributed by atoms with Gasteiger partial charge in [0.15, 0.2) is 0 Å². The largest absolute Gasteiger partial charge is 0.496 e. The summed E-state index contributed by atoms with van der Waals surface area (Å²) in [7, 11) is -1.52. The van der Waals surface area contributed by atoms with E-state index in [1.54, 1.807) is 4.90 Å². The Morgan fingerprint density at radius 2 is 1.81 bits per heavy atom. The quantitative estimate of drug-likeness (QED) is 0.648. The number of benzene rings is 2. The van der Waals surface area contributed by atoms with Crippen molar-refractivity contribution in [3.8, 4) is 5.75 Å². The van der Waals surface area contributed by atoms with Crippen LogP contribution in [0.3, 0.4) is 0 Å². The molecule has 3 rings (SSSR count). The first-order valence-electron chi connectivity index (χ1n) is 9.22. The van der Waals surface area contributed by atoms with Crippen LogP contribution in [0.25, 0.3) is 0 Å². The maximum atomic E-state index is 13.0. The molecule has 0 atom stereocenters.